The third kappa shape index (κ3) is 4.58. The Morgan fingerprint density at radius 3 is 2.50 bits per heavy atom. The minimum absolute atomic E-state index is 0.0468. The van der Waals surface area contributed by atoms with Gasteiger partial charge in [-0.3, -0.25) is 4.79 Å². The molecule has 168 valence electrons. The Hall–Kier alpha value is -3.06. The van der Waals surface area contributed by atoms with Gasteiger partial charge >= 0.3 is 0 Å². The molecule has 1 amide bonds. The molecule has 1 saturated heterocycles. The van der Waals surface area contributed by atoms with Crippen molar-refractivity contribution in [3.8, 4) is 23.8 Å². The Morgan fingerprint density at radius 2 is 1.78 bits per heavy atom. The Bertz CT molecular complexity index is 1130. The summed E-state index contributed by atoms with van der Waals surface area (Å²) in [4.78, 5) is 12.8. The number of carbonyl (C=O) groups is 1. The largest absolute Gasteiger partial charge is 0.454 e. The molecule has 2 aliphatic heterocycles. The monoisotopic (exact) mass is 456 g/mol. The molecule has 0 radical (unpaired) electrons. The Morgan fingerprint density at radius 1 is 1.06 bits per heavy atom. The fraction of sp³-hybridized carbons (Fsp3) is 0.348. The summed E-state index contributed by atoms with van der Waals surface area (Å²) in [5.41, 5.74) is 1.14. The van der Waals surface area contributed by atoms with Crippen molar-refractivity contribution in [2.24, 2.45) is 0 Å². The highest BCUT2D eigenvalue weighted by Gasteiger charge is 2.36. The van der Waals surface area contributed by atoms with E-state index in [2.05, 4.69) is 16.0 Å². The highest BCUT2D eigenvalue weighted by molar-refractivity contribution is 7.89. The number of rotatable bonds is 7. The van der Waals surface area contributed by atoms with Gasteiger partial charge in [0.2, 0.25) is 16.8 Å². The smallest absolute Gasteiger partial charge is 0.251 e. The number of ether oxygens (including phenoxy) is 3. The first-order valence-corrected chi connectivity index (χ1v) is 11.7. The second-order valence-corrected chi connectivity index (χ2v) is 9.46. The number of carbonyl (C=O) groups excluding carboxylic acids is 1. The molecule has 32 heavy (non-hydrogen) atoms. The SMILES string of the molecule is C#CCNS(=O)(=O)c1ccc(C(=O)NCC2(c3ccc4c(c3)OCO4)CCOCC2)cc1. The fourth-order valence-electron chi connectivity index (χ4n) is 3.91. The Labute approximate surface area is 187 Å². The minimum atomic E-state index is -3.71. The van der Waals surface area contributed by atoms with Gasteiger partial charge in [-0.2, -0.15) is 4.72 Å². The Kier molecular flexibility index (Phi) is 6.37. The molecule has 0 aliphatic carbocycles. The maximum atomic E-state index is 12.8. The van der Waals surface area contributed by atoms with E-state index in [1.807, 2.05) is 18.2 Å². The van der Waals surface area contributed by atoms with E-state index < -0.39 is 10.0 Å². The third-order valence-electron chi connectivity index (χ3n) is 5.81. The lowest BCUT2D eigenvalue weighted by Gasteiger charge is -2.38. The van der Waals surface area contributed by atoms with Gasteiger partial charge in [-0.05, 0) is 54.8 Å². The van der Waals surface area contributed by atoms with Crippen LogP contribution in [0.15, 0.2) is 47.4 Å². The molecule has 4 rings (SSSR count). The van der Waals surface area contributed by atoms with Crippen LogP contribution >= 0.6 is 0 Å². The number of fused-ring (bicyclic) bond motifs is 1. The molecule has 8 nitrogen and oxygen atoms in total. The summed E-state index contributed by atoms with van der Waals surface area (Å²) in [7, 11) is -3.71. The summed E-state index contributed by atoms with van der Waals surface area (Å²) in [5.74, 6) is 3.36. The van der Waals surface area contributed by atoms with Crippen molar-refractivity contribution in [2.45, 2.75) is 23.2 Å². The molecule has 2 aliphatic rings. The summed E-state index contributed by atoms with van der Waals surface area (Å²) in [6.07, 6.45) is 6.61. The van der Waals surface area contributed by atoms with E-state index in [0.29, 0.717) is 36.8 Å². The number of sulfonamides is 1. The van der Waals surface area contributed by atoms with Crippen molar-refractivity contribution < 1.29 is 27.4 Å². The summed E-state index contributed by atoms with van der Waals surface area (Å²) in [6.45, 7) is 1.72. The van der Waals surface area contributed by atoms with Gasteiger partial charge in [0.25, 0.3) is 5.91 Å². The van der Waals surface area contributed by atoms with E-state index in [0.717, 1.165) is 18.4 Å². The van der Waals surface area contributed by atoms with Gasteiger partial charge in [-0.15, -0.1) is 6.42 Å². The molecular formula is C23H24N2O6S. The quantitative estimate of drug-likeness (QED) is 0.616. The maximum Gasteiger partial charge on any atom is 0.251 e. The summed E-state index contributed by atoms with van der Waals surface area (Å²) < 4.78 is 43.1. The van der Waals surface area contributed by atoms with Crippen LogP contribution in [0.5, 0.6) is 11.5 Å². The van der Waals surface area contributed by atoms with Crippen molar-refractivity contribution in [2.75, 3.05) is 33.1 Å². The molecular weight excluding hydrogens is 432 g/mol. The molecule has 0 atom stereocenters. The molecule has 2 N–H and O–H groups in total. The molecule has 9 heteroatoms. The first-order valence-electron chi connectivity index (χ1n) is 10.2. The van der Waals surface area contributed by atoms with Crippen LogP contribution in [0.3, 0.4) is 0 Å². The predicted molar refractivity (Wildman–Crippen MR) is 117 cm³/mol. The van der Waals surface area contributed by atoms with E-state index >= 15 is 0 Å². The zero-order valence-electron chi connectivity index (χ0n) is 17.4. The number of hydrogen-bond acceptors (Lipinski definition) is 6. The summed E-state index contributed by atoms with van der Waals surface area (Å²) >= 11 is 0. The van der Waals surface area contributed by atoms with Crippen molar-refractivity contribution in [1.82, 2.24) is 10.0 Å². The van der Waals surface area contributed by atoms with Crippen LogP contribution in [0, 0.1) is 12.3 Å². The Balaban J connectivity index is 1.48. The highest BCUT2D eigenvalue weighted by atomic mass is 32.2. The van der Waals surface area contributed by atoms with E-state index in [4.69, 9.17) is 20.6 Å². The molecule has 1 fully saturated rings. The molecule has 0 bridgehead atoms. The van der Waals surface area contributed by atoms with Crippen LogP contribution in [-0.4, -0.2) is 47.4 Å². The van der Waals surface area contributed by atoms with Crippen molar-refractivity contribution in [3.63, 3.8) is 0 Å². The number of terminal acetylenes is 1. The van der Waals surface area contributed by atoms with Crippen LogP contribution in [-0.2, 0) is 20.2 Å². The zero-order chi connectivity index (χ0) is 22.6. The predicted octanol–water partition coefficient (Wildman–Crippen LogP) is 1.80. The molecule has 0 aromatic heterocycles. The topological polar surface area (TPSA) is 103 Å². The van der Waals surface area contributed by atoms with Crippen LogP contribution in [0.1, 0.15) is 28.8 Å². The van der Waals surface area contributed by atoms with Gasteiger partial charge in [0.05, 0.1) is 11.4 Å². The number of hydrogen-bond donors (Lipinski definition) is 2. The van der Waals surface area contributed by atoms with Crippen LogP contribution in [0.2, 0.25) is 0 Å². The second kappa shape index (κ2) is 9.20. The number of benzene rings is 2. The average molecular weight is 457 g/mol. The van der Waals surface area contributed by atoms with E-state index in [1.165, 1.54) is 24.3 Å². The first-order chi connectivity index (χ1) is 15.4. The van der Waals surface area contributed by atoms with Crippen LogP contribution in [0.4, 0.5) is 0 Å². The van der Waals surface area contributed by atoms with Gasteiger partial charge in [0.15, 0.2) is 11.5 Å². The van der Waals surface area contributed by atoms with Gasteiger partial charge in [0, 0.05) is 30.7 Å². The fourth-order valence-corrected chi connectivity index (χ4v) is 4.85. The summed E-state index contributed by atoms with van der Waals surface area (Å²) in [5, 5.41) is 3.01. The molecule has 2 aromatic rings. The number of amides is 1. The van der Waals surface area contributed by atoms with Crippen molar-refractivity contribution >= 4 is 15.9 Å². The van der Waals surface area contributed by atoms with Gasteiger partial charge in [-0.1, -0.05) is 12.0 Å². The van der Waals surface area contributed by atoms with Crippen molar-refractivity contribution in [3.05, 3.63) is 53.6 Å². The lowest BCUT2D eigenvalue weighted by atomic mass is 9.74. The lowest BCUT2D eigenvalue weighted by Crippen LogP contribution is -2.44. The van der Waals surface area contributed by atoms with Gasteiger partial charge in [0.1, 0.15) is 0 Å². The van der Waals surface area contributed by atoms with E-state index in [1.54, 1.807) is 0 Å². The maximum absolute atomic E-state index is 12.8. The third-order valence-corrected chi connectivity index (χ3v) is 7.23. The lowest BCUT2D eigenvalue weighted by molar-refractivity contribution is 0.0486. The zero-order valence-corrected chi connectivity index (χ0v) is 18.2. The second-order valence-electron chi connectivity index (χ2n) is 7.70. The molecule has 0 saturated carbocycles. The van der Waals surface area contributed by atoms with Gasteiger partial charge in [-0.25, -0.2) is 8.42 Å². The average Bonchev–Trinajstić information content (AvgIpc) is 3.30. The van der Waals surface area contributed by atoms with Crippen molar-refractivity contribution in [1.29, 1.82) is 0 Å². The molecule has 0 unspecified atom stereocenters. The standard InChI is InChI=1S/C23H24N2O6S/c1-2-11-25-32(27,28)19-6-3-17(4-7-19)22(26)24-15-23(9-12-29-13-10-23)18-5-8-20-21(14-18)31-16-30-20/h1,3-8,14,25H,9-13,15-16H2,(H,24,26). The van der Waals surface area contributed by atoms with Gasteiger partial charge < -0.3 is 19.5 Å². The van der Waals surface area contributed by atoms with Crippen LogP contribution < -0.4 is 19.5 Å². The normalized spacial score (nSPS) is 16.8. The van der Waals surface area contributed by atoms with E-state index in [9.17, 15) is 13.2 Å². The molecule has 2 aromatic carbocycles. The van der Waals surface area contributed by atoms with Crippen LogP contribution in [0.25, 0.3) is 0 Å². The molecule has 2 heterocycles. The summed E-state index contributed by atoms with van der Waals surface area (Å²) in [6, 6.07) is 11.6. The molecule has 0 spiro atoms. The van der Waals surface area contributed by atoms with E-state index in [-0.39, 0.29) is 29.6 Å². The minimum Gasteiger partial charge on any atom is -0.454 e. The highest BCUT2D eigenvalue weighted by Crippen LogP contribution is 2.40. The number of nitrogens with one attached hydrogen (secondary N) is 2. The first kappa shape index (κ1) is 22.1.